The lowest BCUT2D eigenvalue weighted by molar-refractivity contribution is -0.146. The van der Waals surface area contributed by atoms with Crippen molar-refractivity contribution in [2.24, 2.45) is 0 Å². The molecule has 0 fully saturated rings. The Labute approximate surface area is 107 Å². The summed E-state index contributed by atoms with van der Waals surface area (Å²) in [7, 11) is 1.47. The van der Waals surface area contributed by atoms with Crippen LogP contribution in [0, 0.1) is 6.92 Å². The first-order valence-electron chi connectivity index (χ1n) is 5.66. The maximum Gasteiger partial charge on any atom is 0.326 e. The highest BCUT2D eigenvalue weighted by atomic mass is 16.4. The first-order valence-corrected chi connectivity index (χ1v) is 5.66. The quantitative estimate of drug-likeness (QED) is 0.827. The smallest absolute Gasteiger partial charge is 0.326 e. The molecule has 96 valence electrons. The first-order chi connectivity index (χ1) is 8.41. The summed E-state index contributed by atoms with van der Waals surface area (Å²) in [6, 6.07) is 6.88. The molecular weight excluding hydrogens is 230 g/mol. The number of nitrogens with zero attached hydrogens (tertiary/aromatic N) is 1. The fourth-order valence-electron chi connectivity index (χ4n) is 1.42. The molecule has 0 saturated heterocycles. The molecule has 0 bridgehead atoms. The maximum absolute atomic E-state index is 11.7. The van der Waals surface area contributed by atoms with Crippen molar-refractivity contribution in [3.8, 4) is 0 Å². The third kappa shape index (κ3) is 3.73. The minimum atomic E-state index is -1.02. The largest absolute Gasteiger partial charge is 0.480 e. The van der Waals surface area contributed by atoms with E-state index in [0.717, 1.165) is 11.1 Å². The predicted octanol–water partition coefficient (Wildman–Crippen LogP) is 1.94. The lowest BCUT2D eigenvalue weighted by atomic mass is 10.1. The summed E-state index contributed by atoms with van der Waals surface area (Å²) >= 11 is 0. The van der Waals surface area contributed by atoms with Gasteiger partial charge in [0.2, 0.25) is 5.91 Å². The second-order valence-electron chi connectivity index (χ2n) is 4.21. The second kappa shape index (κ2) is 6.00. The number of carboxylic acid groups (broad SMARTS) is 1. The highest BCUT2D eigenvalue weighted by Crippen LogP contribution is 2.06. The second-order valence-corrected chi connectivity index (χ2v) is 4.21. The molecule has 0 aromatic heterocycles. The summed E-state index contributed by atoms with van der Waals surface area (Å²) in [6.45, 7) is 3.44. The van der Waals surface area contributed by atoms with Crippen LogP contribution in [-0.4, -0.2) is 35.0 Å². The summed E-state index contributed by atoms with van der Waals surface area (Å²) in [5, 5.41) is 8.80. The number of aliphatic carboxylic acids is 1. The number of likely N-dealkylation sites (N-methyl/N-ethyl adjacent to an activating group) is 1. The molecular formula is C14H17NO3. The van der Waals surface area contributed by atoms with Gasteiger partial charge in [0, 0.05) is 13.1 Å². The van der Waals surface area contributed by atoms with Crippen LogP contribution >= 0.6 is 0 Å². The van der Waals surface area contributed by atoms with Gasteiger partial charge < -0.3 is 10.0 Å². The summed E-state index contributed by atoms with van der Waals surface area (Å²) in [5.74, 6) is -1.35. The van der Waals surface area contributed by atoms with E-state index in [1.54, 1.807) is 6.08 Å². The van der Waals surface area contributed by atoms with Crippen LogP contribution in [0.2, 0.25) is 0 Å². The van der Waals surface area contributed by atoms with E-state index >= 15 is 0 Å². The van der Waals surface area contributed by atoms with Crippen LogP contribution < -0.4 is 0 Å². The lowest BCUT2D eigenvalue weighted by Crippen LogP contribution is -2.39. The van der Waals surface area contributed by atoms with Crippen LogP contribution in [0.3, 0.4) is 0 Å². The fourth-order valence-corrected chi connectivity index (χ4v) is 1.42. The zero-order chi connectivity index (χ0) is 13.7. The number of carbonyl (C=O) groups excluding carboxylic acids is 1. The number of hydrogen-bond donors (Lipinski definition) is 1. The summed E-state index contributed by atoms with van der Waals surface area (Å²) < 4.78 is 0. The van der Waals surface area contributed by atoms with Gasteiger partial charge in [-0.2, -0.15) is 0 Å². The maximum atomic E-state index is 11.7. The van der Waals surface area contributed by atoms with Gasteiger partial charge in [0.05, 0.1) is 0 Å². The molecule has 0 aliphatic heterocycles. The monoisotopic (exact) mass is 247 g/mol. The van der Waals surface area contributed by atoms with Crippen LogP contribution in [0.5, 0.6) is 0 Å². The number of amides is 1. The summed E-state index contributed by atoms with van der Waals surface area (Å²) in [6.07, 6.45) is 3.06. The molecule has 1 atom stereocenters. The van der Waals surface area contributed by atoms with Gasteiger partial charge in [-0.05, 0) is 25.5 Å². The zero-order valence-corrected chi connectivity index (χ0v) is 10.8. The number of carbonyl (C=O) groups is 2. The number of rotatable bonds is 4. The predicted molar refractivity (Wildman–Crippen MR) is 70.1 cm³/mol. The molecule has 0 aliphatic carbocycles. The van der Waals surface area contributed by atoms with Gasteiger partial charge in [0.15, 0.2) is 0 Å². The Kier molecular flexibility index (Phi) is 4.66. The average molecular weight is 247 g/mol. The molecule has 0 heterocycles. The van der Waals surface area contributed by atoms with Crippen molar-refractivity contribution < 1.29 is 14.7 Å². The zero-order valence-electron chi connectivity index (χ0n) is 10.8. The minimum absolute atomic E-state index is 0.327. The van der Waals surface area contributed by atoms with Gasteiger partial charge in [0.25, 0.3) is 0 Å². The average Bonchev–Trinajstić information content (AvgIpc) is 2.34. The van der Waals surface area contributed by atoms with Crippen molar-refractivity contribution in [2.45, 2.75) is 19.9 Å². The topological polar surface area (TPSA) is 57.6 Å². The number of aryl methyl sites for hydroxylation is 1. The summed E-state index contributed by atoms with van der Waals surface area (Å²) in [5.41, 5.74) is 2.02. The SMILES string of the molecule is Cc1cccc(C=CC(=O)N(C)C(C)C(=O)O)c1. The Balaban J connectivity index is 2.73. The van der Waals surface area contributed by atoms with Gasteiger partial charge in [-0.1, -0.05) is 29.8 Å². The van der Waals surface area contributed by atoms with Crippen molar-refractivity contribution in [3.63, 3.8) is 0 Å². The Hall–Kier alpha value is -2.10. The van der Waals surface area contributed by atoms with E-state index in [-0.39, 0.29) is 5.91 Å². The Morgan fingerprint density at radius 3 is 2.61 bits per heavy atom. The molecule has 1 rings (SSSR count). The third-order valence-electron chi connectivity index (χ3n) is 2.75. The van der Waals surface area contributed by atoms with Gasteiger partial charge in [-0.3, -0.25) is 4.79 Å². The molecule has 1 aromatic rings. The normalized spacial score (nSPS) is 12.4. The molecule has 18 heavy (non-hydrogen) atoms. The van der Waals surface area contributed by atoms with E-state index in [1.165, 1.54) is 24.9 Å². The van der Waals surface area contributed by atoms with Gasteiger partial charge in [-0.25, -0.2) is 4.79 Å². The van der Waals surface area contributed by atoms with Gasteiger partial charge >= 0.3 is 5.97 Å². The van der Waals surface area contributed by atoms with Crippen molar-refractivity contribution in [3.05, 3.63) is 41.5 Å². The molecule has 1 amide bonds. The van der Waals surface area contributed by atoms with E-state index in [9.17, 15) is 9.59 Å². The van der Waals surface area contributed by atoms with E-state index in [2.05, 4.69) is 0 Å². The minimum Gasteiger partial charge on any atom is -0.480 e. The molecule has 0 spiro atoms. The third-order valence-corrected chi connectivity index (χ3v) is 2.75. The van der Waals surface area contributed by atoms with Crippen LogP contribution in [-0.2, 0) is 9.59 Å². The van der Waals surface area contributed by atoms with E-state index < -0.39 is 12.0 Å². The molecule has 0 saturated carbocycles. The molecule has 0 radical (unpaired) electrons. The summed E-state index contributed by atoms with van der Waals surface area (Å²) in [4.78, 5) is 23.7. The van der Waals surface area contributed by atoms with Crippen molar-refractivity contribution in [2.75, 3.05) is 7.05 Å². The Morgan fingerprint density at radius 2 is 2.06 bits per heavy atom. The number of hydrogen-bond acceptors (Lipinski definition) is 2. The fraction of sp³-hybridized carbons (Fsp3) is 0.286. The molecule has 4 heteroatoms. The molecule has 1 aromatic carbocycles. The van der Waals surface area contributed by atoms with Crippen molar-refractivity contribution in [1.29, 1.82) is 0 Å². The van der Waals surface area contributed by atoms with E-state index in [1.807, 2.05) is 31.2 Å². The van der Waals surface area contributed by atoms with Gasteiger partial charge in [-0.15, -0.1) is 0 Å². The molecule has 1 unspecified atom stereocenters. The Morgan fingerprint density at radius 1 is 1.39 bits per heavy atom. The standard InChI is InChI=1S/C14H17NO3/c1-10-5-4-6-12(9-10)7-8-13(16)15(3)11(2)14(17)18/h4-9,11H,1-3H3,(H,17,18). The highest BCUT2D eigenvalue weighted by Gasteiger charge is 2.19. The van der Waals surface area contributed by atoms with E-state index in [0.29, 0.717) is 0 Å². The van der Waals surface area contributed by atoms with Crippen LogP contribution in [0.1, 0.15) is 18.1 Å². The van der Waals surface area contributed by atoms with E-state index in [4.69, 9.17) is 5.11 Å². The molecule has 1 N–H and O–H groups in total. The first kappa shape index (κ1) is 14.0. The van der Waals surface area contributed by atoms with Crippen LogP contribution in [0.4, 0.5) is 0 Å². The Bertz CT molecular complexity index is 480. The number of carboxylic acids is 1. The van der Waals surface area contributed by atoms with Crippen molar-refractivity contribution >= 4 is 18.0 Å². The van der Waals surface area contributed by atoms with Crippen LogP contribution in [0.15, 0.2) is 30.3 Å². The van der Waals surface area contributed by atoms with Gasteiger partial charge in [0.1, 0.15) is 6.04 Å². The molecule has 4 nitrogen and oxygen atoms in total. The van der Waals surface area contributed by atoms with Crippen LogP contribution in [0.25, 0.3) is 6.08 Å². The highest BCUT2D eigenvalue weighted by molar-refractivity contribution is 5.94. The van der Waals surface area contributed by atoms with Crippen molar-refractivity contribution in [1.82, 2.24) is 4.90 Å². The number of benzene rings is 1. The lowest BCUT2D eigenvalue weighted by Gasteiger charge is -2.19. The molecule has 0 aliphatic rings.